The van der Waals surface area contributed by atoms with Crippen LogP contribution in [0.25, 0.3) is 0 Å². The summed E-state index contributed by atoms with van der Waals surface area (Å²) in [5, 5.41) is 3.72. The molecule has 1 heterocycles. The molecule has 18 heavy (non-hydrogen) atoms. The van der Waals surface area contributed by atoms with Crippen LogP contribution >= 0.6 is 11.6 Å². The smallest absolute Gasteiger partial charge is 0.232 e. The Morgan fingerprint density at radius 1 is 1.11 bits per heavy atom. The van der Waals surface area contributed by atoms with Gasteiger partial charge in [0.05, 0.1) is 5.92 Å². The lowest BCUT2D eigenvalue weighted by Crippen LogP contribution is -2.20. The quantitative estimate of drug-likeness (QED) is 0.750. The fraction of sp³-hybridized carbons (Fsp3) is 0.533. The van der Waals surface area contributed by atoms with E-state index in [1.165, 1.54) is 38.5 Å². The highest BCUT2D eigenvalue weighted by Crippen LogP contribution is 2.43. The van der Waals surface area contributed by atoms with Crippen LogP contribution in [0.1, 0.15) is 50.0 Å². The summed E-state index contributed by atoms with van der Waals surface area (Å²) in [7, 11) is 0. The van der Waals surface area contributed by atoms with Crippen LogP contribution in [0, 0.1) is 5.92 Å². The molecule has 1 aromatic rings. The number of halogens is 1. The van der Waals surface area contributed by atoms with E-state index in [9.17, 15) is 4.79 Å². The Labute approximate surface area is 113 Å². The number of anilines is 1. The van der Waals surface area contributed by atoms with Crippen molar-refractivity contribution in [1.82, 2.24) is 0 Å². The van der Waals surface area contributed by atoms with E-state index < -0.39 is 0 Å². The number of carbonyl (C=O) groups is 1. The van der Waals surface area contributed by atoms with Crippen molar-refractivity contribution < 1.29 is 4.79 Å². The molecule has 1 unspecified atom stereocenters. The van der Waals surface area contributed by atoms with Gasteiger partial charge in [0.1, 0.15) is 0 Å². The first-order valence-electron chi connectivity index (χ1n) is 6.86. The third-order valence-corrected chi connectivity index (χ3v) is 4.50. The first-order chi connectivity index (χ1) is 8.75. The molecule has 1 fully saturated rings. The minimum Gasteiger partial charge on any atom is -0.325 e. The summed E-state index contributed by atoms with van der Waals surface area (Å²) in [6, 6.07) is 5.73. The summed E-state index contributed by atoms with van der Waals surface area (Å²) >= 11 is 6.07. The van der Waals surface area contributed by atoms with E-state index in [1.807, 2.05) is 18.2 Å². The normalized spacial score (nSPS) is 24.5. The van der Waals surface area contributed by atoms with E-state index >= 15 is 0 Å². The lowest BCUT2D eigenvalue weighted by molar-refractivity contribution is -0.118. The van der Waals surface area contributed by atoms with Gasteiger partial charge in [-0.15, -0.1) is 0 Å². The summed E-state index contributed by atoms with van der Waals surface area (Å²) in [5.74, 6) is 0.684. The Morgan fingerprint density at radius 3 is 2.56 bits per heavy atom. The van der Waals surface area contributed by atoms with E-state index in [4.69, 9.17) is 11.6 Å². The maximum absolute atomic E-state index is 12.2. The minimum absolute atomic E-state index is 0.0248. The van der Waals surface area contributed by atoms with Crippen molar-refractivity contribution in [2.45, 2.75) is 44.4 Å². The lowest BCUT2D eigenvalue weighted by Gasteiger charge is -2.20. The van der Waals surface area contributed by atoms with Crippen LogP contribution in [-0.2, 0) is 4.79 Å². The Hall–Kier alpha value is -1.02. The van der Waals surface area contributed by atoms with Crippen molar-refractivity contribution in [2.75, 3.05) is 5.32 Å². The van der Waals surface area contributed by atoms with Crippen molar-refractivity contribution in [3.8, 4) is 0 Å². The zero-order chi connectivity index (χ0) is 12.5. The molecule has 1 amide bonds. The molecule has 1 aromatic carbocycles. The van der Waals surface area contributed by atoms with E-state index in [1.54, 1.807) is 0 Å². The number of rotatable bonds is 1. The molecule has 1 N–H and O–H groups in total. The third kappa shape index (κ3) is 2.14. The second kappa shape index (κ2) is 4.93. The number of amides is 1. The number of benzene rings is 1. The number of nitrogens with one attached hydrogen (secondary N) is 1. The lowest BCUT2D eigenvalue weighted by atomic mass is 9.82. The largest absolute Gasteiger partial charge is 0.325 e. The molecule has 0 radical (unpaired) electrons. The average Bonchev–Trinajstić information content (AvgIpc) is 2.55. The van der Waals surface area contributed by atoms with Gasteiger partial charge < -0.3 is 5.32 Å². The molecule has 96 valence electrons. The number of fused-ring (bicyclic) bond motifs is 1. The minimum atomic E-state index is 0.0248. The summed E-state index contributed by atoms with van der Waals surface area (Å²) in [6.07, 6.45) is 7.48. The average molecular weight is 264 g/mol. The molecule has 1 aliphatic carbocycles. The van der Waals surface area contributed by atoms with Crippen molar-refractivity contribution >= 4 is 23.2 Å². The molecule has 0 aromatic heterocycles. The molecule has 0 spiro atoms. The Kier molecular flexibility index (Phi) is 3.29. The van der Waals surface area contributed by atoms with Crippen LogP contribution in [0.2, 0.25) is 5.02 Å². The second-order valence-corrected chi connectivity index (χ2v) is 5.89. The monoisotopic (exact) mass is 263 g/mol. The predicted octanol–water partition coefficient (Wildman–Crippen LogP) is 4.35. The molecule has 2 aliphatic rings. The molecule has 1 aliphatic heterocycles. The molecule has 1 atom stereocenters. The summed E-state index contributed by atoms with van der Waals surface area (Å²) < 4.78 is 0. The van der Waals surface area contributed by atoms with Gasteiger partial charge in [-0.3, -0.25) is 4.79 Å². The molecule has 3 rings (SSSR count). The zero-order valence-electron chi connectivity index (χ0n) is 10.4. The van der Waals surface area contributed by atoms with Gasteiger partial charge in [-0.2, -0.15) is 0 Å². The van der Waals surface area contributed by atoms with Crippen LogP contribution in [0.3, 0.4) is 0 Å². The Bertz CT molecular complexity index is 464. The Balaban J connectivity index is 1.92. The van der Waals surface area contributed by atoms with E-state index in [0.29, 0.717) is 5.92 Å². The molecular weight excluding hydrogens is 246 g/mol. The van der Waals surface area contributed by atoms with E-state index in [-0.39, 0.29) is 11.8 Å². The summed E-state index contributed by atoms with van der Waals surface area (Å²) in [6.45, 7) is 0. The first kappa shape index (κ1) is 12.0. The van der Waals surface area contributed by atoms with Crippen LogP contribution < -0.4 is 5.32 Å². The van der Waals surface area contributed by atoms with E-state index in [0.717, 1.165) is 16.3 Å². The van der Waals surface area contributed by atoms with Gasteiger partial charge in [-0.25, -0.2) is 0 Å². The topological polar surface area (TPSA) is 29.1 Å². The maximum Gasteiger partial charge on any atom is 0.232 e. The molecular formula is C15H18ClNO. The first-order valence-corrected chi connectivity index (χ1v) is 7.24. The van der Waals surface area contributed by atoms with Gasteiger partial charge in [0, 0.05) is 10.7 Å². The fourth-order valence-corrected chi connectivity index (χ4v) is 3.55. The van der Waals surface area contributed by atoms with Crippen molar-refractivity contribution in [1.29, 1.82) is 0 Å². The predicted molar refractivity (Wildman–Crippen MR) is 74.0 cm³/mol. The molecule has 0 saturated heterocycles. The summed E-state index contributed by atoms with van der Waals surface area (Å²) in [5.41, 5.74) is 2.07. The van der Waals surface area contributed by atoms with Gasteiger partial charge in [0.15, 0.2) is 0 Å². The molecule has 2 nitrogen and oxygen atoms in total. The second-order valence-electron chi connectivity index (χ2n) is 5.45. The van der Waals surface area contributed by atoms with Crippen LogP contribution in [-0.4, -0.2) is 5.91 Å². The summed E-state index contributed by atoms with van der Waals surface area (Å²) in [4.78, 5) is 12.2. The molecule has 1 saturated carbocycles. The van der Waals surface area contributed by atoms with E-state index in [2.05, 4.69) is 5.32 Å². The van der Waals surface area contributed by atoms with Gasteiger partial charge in [-0.05, 0) is 42.5 Å². The highest BCUT2D eigenvalue weighted by atomic mass is 35.5. The van der Waals surface area contributed by atoms with Crippen molar-refractivity contribution in [3.05, 3.63) is 28.8 Å². The highest BCUT2D eigenvalue weighted by Gasteiger charge is 2.36. The molecule has 3 heteroatoms. The highest BCUT2D eigenvalue weighted by molar-refractivity contribution is 6.31. The number of carbonyl (C=O) groups excluding carboxylic acids is 1. The standard InChI is InChI=1S/C15H18ClNO/c16-11-7-8-13-12(9-11)14(15(18)17-13)10-5-3-1-2-4-6-10/h7-10,14H,1-6H2,(H,17,18). The fourth-order valence-electron chi connectivity index (χ4n) is 3.37. The number of hydrogen-bond acceptors (Lipinski definition) is 1. The molecule has 0 bridgehead atoms. The van der Waals surface area contributed by atoms with Gasteiger partial charge in [-0.1, -0.05) is 37.3 Å². The third-order valence-electron chi connectivity index (χ3n) is 4.26. The van der Waals surface area contributed by atoms with Crippen LogP contribution in [0.15, 0.2) is 18.2 Å². The SMILES string of the molecule is O=C1Nc2ccc(Cl)cc2C1C1CCCCCC1. The Morgan fingerprint density at radius 2 is 1.83 bits per heavy atom. The van der Waals surface area contributed by atoms with Crippen LogP contribution in [0.5, 0.6) is 0 Å². The van der Waals surface area contributed by atoms with Crippen molar-refractivity contribution in [3.63, 3.8) is 0 Å². The maximum atomic E-state index is 12.2. The number of hydrogen-bond donors (Lipinski definition) is 1. The van der Waals surface area contributed by atoms with Gasteiger partial charge in [0.2, 0.25) is 5.91 Å². The van der Waals surface area contributed by atoms with Gasteiger partial charge >= 0.3 is 0 Å². The van der Waals surface area contributed by atoms with Crippen LogP contribution in [0.4, 0.5) is 5.69 Å². The van der Waals surface area contributed by atoms with Crippen molar-refractivity contribution in [2.24, 2.45) is 5.92 Å². The zero-order valence-corrected chi connectivity index (χ0v) is 11.2. The van der Waals surface area contributed by atoms with Gasteiger partial charge in [0.25, 0.3) is 0 Å².